The molecular formula is C11H12N6S. The SMILES string of the molecule is C=C/C=c1/[nH]c(=S)n(-c2nnnn2C)/c1=C/C=C. The van der Waals surface area contributed by atoms with Gasteiger partial charge in [0.25, 0.3) is 5.95 Å². The van der Waals surface area contributed by atoms with Gasteiger partial charge >= 0.3 is 0 Å². The molecule has 1 N–H and O–H groups in total. The maximum Gasteiger partial charge on any atom is 0.256 e. The maximum absolute atomic E-state index is 5.29. The number of aryl methyl sites for hydroxylation is 1. The zero-order valence-electron chi connectivity index (χ0n) is 9.87. The molecule has 0 bridgehead atoms. The Morgan fingerprint density at radius 2 is 2.00 bits per heavy atom. The van der Waals surface area contributed by atoms with E-state index in [0.717, 1.165) is 10.7 Å². The van der Waals surface area contributed by atoms with E-state index in [2.05, 4.69) is 33.7 Å². The van der Waals surface area contributed by atoms with Crippen molar-refractivity contribution in [3.8, 4) is 5.95 Å². The van der Waals surface area contributed by atoms with E-state index in [4.69, 9.17) is 12.2 Å². The molecular weight excluding hydrogens is 248 g/mol. The Balaban J connectivity index is 2.93. The number of aromatic nitrogens is 6. The summed E-state index contributed by atoms with van der Waals surface area (Å²) < 4.78 is 3.79. The van der Waals surface area contributed by atoms with Crippen LogP contribution in [0.1, 0.15) is 0 Å². The molecule has 0 radical (unpaired) electrons. The van der Waals surface area contributed by atoms with E-state index in [0.29, 0.717) is 10.7 Å². The van der Waals surface area contributed by atoms with E-state index in [-0.39, 0.29) is 0 Å². The second-order valence-corrected chi connectivity index (χ2v) is 3.86. The van der Waals surface area contributed by atoms with Crippen molar-refractivity contribution >= 4 is 24.4 Å². The van der Waals surface area contributed by atoms with Crippen LogP contribution in [-0.2, 0) is 7.05 Å². The summed E-state index contributed by atoms with van der Waals surface area (Å²) in [6.07, 6.45) is 7.01. The molecule has 2 heterocycles. The monoisotopic (exact) mass is 260 g/mol. The molecule has 2 aromatic rings. The molecule has 0 aliphatic heterocycles. The number of nitrogens with zero attached hydrogens (tertiary/aromatic N) is 5. The van der Waals surface area contributed by atoms with Crippen LogP contribution in [0, 0.1) is 4.77 Å². The Bertz CT molecular complexity index is 760. The fourth-order valence-corrected chi connectivity index (χ4v) is 1.89. The van der Waals surface area contributed by atoms with E-state index in [1.165, 1.54) is 0 Å². The van der Waals surface area contributed by atoms with Gasteiger partial charge in [-0.25, -0.2) is 4.68 Å². The molecule has 0 atom stereocenters. The predicted molar refractivity (Wildman–Crippen MR) is 71.9 cm³/mol. The summed E-state index contributed by atoms with van der Waals surface area (Å²) in [6, 6.07) is 0. The van der Waals surface area contributed by atoms with E-state index < -0.39 is 0 Å². The summed E-state index contributed by atoms with van der Waals surface area (Å²) in [5.41, 5.74) is 0. The highest BCUT2D eigenvalue weighted by Gasteiger charge is 2.08. The number of hydrogen-bond donors (Lipinski definition) is 1. The minimum Gasteiger partial charge on any atom is -0.330 e. The van der Waals surface area contributed by atoms with Gasteiger partial charge in [-0.05, 0) is 34.8 Å². The van der Waals surface area contributed by atoms with Crippen LogP contribution in [0.3, 0.4) is 0 Å². The van der Waals surface area contributed by atoms with Crippen LogP contribution in [0.25, 0.3) is 18.1 Å². The molecule has 0 unspecified atom stereocenters. The van der Waals surface area contributed by atoms with Crippen LogP contribution in [0.15, 0.2) is 25.3 Å². The number of nitrogens with one attached hydrogen (secondary N) is 1. The van der Waals surface area contributed by atoms with Gasteiger partial charge in [0.05, 0.1) is 10.7 Å². The molecule has 7 heteroatoms. The van der Waals surface area contributed by atoms with Crippen molar-refractivity contribution in [1.29, 1.82) is 0 Å². The molecule has 2 aromatic heterocycles. The van der Waals surface area contributed by atoms with Crippen molar-refractivity contribution in [2.75, 3.05) is 0 Å². The first-order valence-electron chi connectivity index (χ1n) is 5.18. The van der Waals surface area contributed by atoms with E-state index >= 15 is 0 Å². The highest BCUT2D eigenvalue weighted by molar-refractivity contribution is 7.71. The molecule has 18 heavy (non-hydrogen) atoms. The van der Waals surface area contributed by atoms with Crippen molar-refractivity contribution < 1.29 is 0 Å². The Labute approximate surface area is 108 Å². The van der Waals surface area contributed by atoms with E-state index in [1.54, 1.807) is 28.4 Å². The molecule has 92 valence electrons. The minimum absolute atomic E-state index is 0.508. The largest absolute Gasteiger partial charge is 0.330 e. The molecule has 0 aliphatic carbocycles. The molecule has 0 aromatic carbocycles. The van der Waals surface area contributed by atoms with Crippen LogP contribution in [-0.4, -0.2) is 29.8 Å². The van der Waals surface area contributed by atoms with Crippen molar-refractivity contribution in [2.24, 2.45) is 7.05 Å². The predicted octanol–water partition coefficient (Wildman–Crippen LogP) is -0.00861. The number of allylic oxidation sites excluding steroid dienone is 2. The average molecular weight is 260 g/mol. The van der Waals surface area contributed by atoms with Gasteiger partial charge < -0.3 is 4.98 Å². The van der Waals surface area contributed by atoms with Gasteiger partial charge in [0.15, 0.2) is 4.77 Å². The van der Waals surface area contributed by atoms with Gasteiger partial charge in [-0.2, -0.15) is 0 Å². The van der Waals surface area contributed by atoms with Crippen LogP contribution in [0.5, 0.6) is 0 Å². The molecule has 0 saturated carbocycles. The molecule has 0 amide bonds. The molecule has 0 saturated heterocycles. The van der Waals surface area contributed by atoms with Gasteiger partial charge in [0.2, 0.25) is 0 Å². The topological polar surface area (TPSA) is 64.3 Å². The van der Waals surface area contributed by atoms with Crippen LogP contribution in [0.4, 0.5) is 0 Å². The quantitative estimate of drug-likeness (QED) is 0.789. The third-order valence-corrected chi connectivity index (χ3v) is 2.60. The summed E-state index contributed by atoms with van der Waals surface area (Å²) in [5, 5.41) is 13.0. The lowest BCUT2D eigenvalue weighted by atomic mass is 10.4. The normalized spacial score (nSPS) is 12.9. The number of rotatable bonds is 3. The zero-order valence-corrected chi connectivity index (χ0v) is 10.7. The van der Waals surface area contributed by atoms with Gasteiger partial charge in [-0.1, -0.05) is 30.4 Å². The highest BCUT2D eigenvalue weighted by atomic mass is 32.1. The molecule has 0 fully saturated rings. The minimum atomic E-state index is 0.508. The van der Waals surface area contributed by atoms with E-state index in [9.17, 15) is 0 Å². The van der Waals surface area contributed by atoms with Crippen molar-refractivity contribution in [3.63, 3.8) is 0 Å². The van der Waals surface area contributed by atoms with E-state index in [1.807, 2.05) is 12.2 Å². The summed E-state index contributed by atoms with van der Waals surface area (Å²) in [4.78, 5) is 3.08. The fraction of sp³-hybridized carbons (Fsp3) is 0.0909. The van der Waals surface area contributed by atoms with Gasteiger partial charge in [0.1, 0.15) is 0 Å². The molecule has 0 spiro atoms. The van der Waals surface area contributed by atoms with Gasteiger partial charge in [-0.15, -0.1) is 0 Å². The number of imidazole rings is 1. The average Bonchev–Trinajstić information content (AvgIpc) is 2.85. The molecule has 2 rings (SSSR count). The van der Waals surface area contributed by atoms with Crippen molar-refractivity contribution in [1.82, 2.24) is 29.8 Å². The van der Waals surface area contributed by atoms with Crippen LogP contribution < -0.4 is 10.7 Å². The summed E-state index contributed by atoms with van der Waals surface area (Å²) in [6.45, 7) is 7.37. The lowest BCUT2D eigenvalue weighted by Gasteiger charge is -1.98. The summed E-state index contributed by atoms with van der Waals surface area (Å²) in [7, 11) is 1.75. The third-order valence-electron chi connectivity index (χ3n) is 2.32. The third kappa shape index (κ3) is 1.95. The summed E-state index contributed by atoms with van der Waals surface area (Å²) >= 11 is 5.29. The van der Waals surface area contributed by atoms with Crippen molar-refractivity contribution in [3.05, 3.63) is 40.8 Å². The Hall–Kier alpha value is -2.28. The Kier molecular flexibility index (Phi) is 3.33. The van der Waals surface area contributed by atoms with Gasteiger partial charge in [0, 0.05) is 7.05 Å². The molecule has 0 aliphatic rings. The van der Waals surface area contributed by atoms with Crippen LogP contribution >= 0.6 is 12.2 Å². The lowest BCUT2D eigenvalue weighted by Crippen LogP contribution is -2.30. The first-order chi connectivity index (χ1) is 8.69. The smallest absolute Gasteiger partial charge is 0.256 e. The van der Waals surface area contributed by atoms with Gasteiger partial charge in [-0.3, -0.25) is 4.57 Å². The Morgan fingerprint density at radius 1 is 1.28 bits per heavy atom. The number of tetrazole rings is 1. The summed E-state index contributed by atoms with van der Waals surface area (Å²) in [5.74, 6) is 0.535. The number of hydrogen-bond acceptors (Lipinski definition) is 4. The maximum atomic E-state index is 5.29. The highest BCUT2D eigenvalue weighted by Crippen LogP contribution is 1.95. The Morgan fingerprint density at radius 3 is 2.56 bits per heavy atom. The number of aromatic amines is 1. The first kappa shape index (κ1) is 12.2. The second kappa shape index (κ2) is 4.92. The second-order valence-electron chi connectivity index (χ2n) is 3.47. The standard InChI is InChI=1S/C11H12N6S/c1-4-6-8-9(7-5-2)17(11(18)12-8)10-13-14-15-16(10)3/h4-7H,1-2H2,3H3,(H,12,18)/b8-6+,9-7+. The number of H-pyrrole nitrogens is 1. The zero-order chi connectivity index (χ0) is 13.1. The van der Waals surface area contributed by atoms with Crippen LogP contribution in [0.2, 0.25) is 0 Å². The fourth-order valence-electron chi connectivity index (χ4n) is 1.60. The van der Waals surface area contributed by atoms with Crippen molar-refractivity contribution in [2.45, 2.75) is 0 Å². The first-order valence-corrected chi connectivity index (χ1v) is 5.59. The molecule has 6 nitrogen and oxygen atoms in total. The lowest BCUT2D eigenvalue weighted by molar-refractivity contribution is 0.686.